The molecular formula is C10H17BN2. The second-order valence-corrected chi connectivity index (χ2v) is 2.90. The quantitative estimate of drug-likeness (QED) is 0.660. The van der Waals surface area contributed by atoms with E-state index in [9.17, 15) is 0 Å². The summed E-state index contributed by atoms with van der Waals surface area (Å²) in [7, 11) is 5.55. The molecule has 0 unspecified atom stereocenters. The molecule has 0 saturated heterocycles. The van der Waals surface area contributed by atoms with Gasteiger partial charge in [0.1, 0.15) is 13.7 Å². The Morgan fingerprint density at radius 1 is 1.38 bits per heavy atom. The summed E-state index contributed by atoms with van der Waals surface area (Å²) in [4.78, 5) is 3.95. The zero-order chi connectivity index (χ0) is 10.4. The summed E-state index contributed by atoms with van der Waals surface area (Å²) < 4.78 is 0. The number of hydrogen-bond acceptors (Lipinski definition) is 2. The van der Waals surface area contributed by atoms with Crippen molar-refractivity contribution in [3.8, 4) is 0 Å². The third kappa shape index (κ3) is 3.49. The van der Waals surface area contributed by atoms with Gasteiger partial charge < -0.3 is 5.73 Å². The Morgan fingerprint density at radius 3 is 2.31 bits per heavy atom. The van der Waals surface area contributed by atoms with Crippen LogP contribution in [-0.2, 0) is 0 Å². The third-order valence-electron chi connectivity index (χ3n) is 1.59. The lowest BCUT2D eigenvalue weighted by molar-refractivity contribution is 0.864. The van der Waals surface area contributed by atoms with E-state index in [0.717, 1.165) is 5.56 Å². The second kappa shape index (κ2) is 5.62. The smallest absolute Gasteiger partial charge is 0.126 e. The molecule has 2 radical (unpaired) electrons. The van der Waals surface area contributed by atoms with Gasteiger partial charge in [-0.1, -0.05) is 39.2 Å². The van der Waals surface area contributed by atoms with Crippen LogP contribution in [-0.4, -0.2) is 12.8 Å². The molecule has 0 amide bonds. The van der Waals surface area contributed by atoms with Gasteiger partial charge in [0, 0.05) is 6.20 Å². The zero-order valence-corrected chi connectivity index (χ0v) is 8.83. The summed E-state index contributed by atoms with van der Waals surface area (Å²) in [6, 6.07) is 1.87. The molecule has 1 aromatic heterocycles. The predicted molar refractivity (Wildman–Crippen MR) is 59.5 cm³/mol. The standard InChI is InChI=1S/C8H11BN2.C2H6/c1-5(2)7-3-6(9)4-11-8(7)10;1-2/h3-5H,1-2H3,(H2,10,11);1-2H3. The Kier molecular flexibility index (Phi) is 5.20. The number of anilines is 1. The molecule has 0 aliphatic heterocycles. The Morgan fingerprint density at radius 2 is 1.92 bits per heavy atom. The van der Waals surface area contributed by atoms with Gasteiger partial charge in [0.15, 0.2) is 0 Å². The lowest BCUT2D eigenvalue weighted by Gasteiger charge is -2.08. The maximum Gasteiger partial charge on any atom is 0.126 e. The van der Waals surface area contributed by atoms with Gasteiger partial charge in [-0.05, 0) is 11.5 Å². The summed E-state index contributed by atoms with van der Waals surface area (Å²) in [5.41, 5.74) is 7.31. The van der Waals surface area contributed by atoms with Crippen LogP contribution in [0.1, 0.15) is 39.2 Å². The number of rotatable bonds is 1. The molecule has 70 valence electrons. The molecule has 13 heavy (non-hydrogen) atoms. The number of pyridine rings is 1. The van der Waals surface area contributed by atoms with Gasteiger partial charge in [-0.3, -0.25) is 0 Å². The first-order chi connectivity index (χ1) is 6.11. The van der Waals surface area contributed by atoms with Crippen LogP contribution < -0.4 is 11.2 Å². The molecule has 0 aromatic carbocycles. The maximum absolute atomic E-state index is 5.62. The van der Waals surface area contributed by atoms with E-state index in [0.29, 0.717) is 17.2 Å². The molecule has 0 saturated carbocycles. The number of nitrogens with two attached hydrogens (primary N) is 1. The molecule has 2 nitrogen and oxygen atoms in total. The molecule has 1 aromatic rings. The fourth-order valence-corrected chi connectivity index (χ4v) is 0.972. The van der Waals surface area contributed by atoms with E-state index in [1.54, 1.807) is 6.20 Å². The van der Waals surface area contributed by atoms with Crippen LogP contribution in [0.25, 0.3) is 0 Å². The molecular weight excluding hydrogens is 159 g/mol. The molecule has 3 heteroatoms. The highest BCUT2D eigenvalue weighted by atomic mass is 14.8. The van der Waals surface area contributed by atoms with Crippen LogP contribution in [0.3, 0.4) is 0 Å². The van der Waals surface area contributed by atoms with E-state index < -0.39 is 0 Å². The summed E-state index contributed by atoms with van der Waals surface area (Å²) in [6.45, 7) is 8.12. The molecule has 1 heterocycles. The molecule has 0 atom stereocenters. The number of nitrogen functional groups attached to an aromatic ring is 1. The van der Waals surface area contributed by atoms with Crippen molar-refractivity contribution in [2.45, 2.75) is 33.6 Å². The normalized spacial score (nSPS) is 9.31. The Hall–Kier alpha value is -0.985. The number of nitrogens with zero attached hydrogens (tertiary/aromatic N) is 1. The maximum atomic E-state index is 5.62. The molecule has 0 bridgehead atoms. The second-order valence-electron chi connectivity index (χ2n) is 2.90. The first-order valence-corrected chi connectivity index (χ1v) is 4.62. The highest BCUT2D eigenvalue weighted by molar-refractivity contribution is 6.32. The minimum absolute atomic E-state index is 0.381. The topological polar surface area (TPSA) is 38.9 Å². The Bertz CT molecular complexity index is 259. The van der Waals surface area contributed by atoms with Crippen LogP contribution >= 0.6 is 0 Å². The highest BCUT2D eigenvalue weighted by Gasteiger charge is 2.03. The van der Waals surface area contributed by atoms with Crippen LogP contribution in [0.15, 0.2) is 12.3 Å². The summed E-state index contributed by atoms with van der Waals surface area (Å²) >= 11 is 0. The van der Waals surface area contributed by atoms with Gasteiger partial charge in [-0.25, -0.2) is 4.98 Å². The van der Waals surface area contributed by atoms with Crippen molar-refractivity contribution < 1.29 is 0 Å². The zero-order valence-electron chi connectivity index (χ0n) is 8.83. The minimum Gasteiger partial charge on any atom is -0.383 e. The van der Waals surface area contributed by atoms with Gasteiger partial charge in [0.05, 0.1) is 0 Å². The molecule has 0 spiro atoms. The average molecular weight is 176 g/mol. The van der Waals surface area contributed by atoms with Crippen molar-refractivity contribution in [3.05, 3.63) is 17.8 Å². The van der Waals surface area contributed by atoms with Crippen molar-refractivity contribution in [2.24, 2.45) is 0 Å². The molecule has 1 rings (SSSR count). The number of aromatic nitrogens is 1. The average Bonchev–Trinajstić information content (AvgIpc) is 2.12. The number of hydrogen-bond donors (Lipinski definition) is 1. The van der Waals surface area contributed by atoms with E-state index in [-0.39, 0.29) is 0 Å². The fraction of sp³-hybridized carbons (Fsp3) is 0.500. The third-order valence-corrected chi connectivity index (χ3v) is 1.59. The molecule has 0 fully saturated rings. The molecule has 0 aliphatic carbocycles. The SMILES string of the molecule is CC.[B]c1cnc(N)c(C(C)C)c1. The fourth-order valence-electron chi connectivity index (χ4n) is 0.972. The van der Waals surface area contributed by atoms with Gasteiger partial charge in [-0.15, -0.1) is 0 Å². The molecule has 2 N–H and O–H groups in total. The van der Waals surface area contributed by atoms with Crippen molar-refractivity contribution in [1.82, 2.24) is 4.98 Å². The monoisotopic (exact) mass is 176 g/mol. The van der Waals surface area contributed by atoms with Gasteiger partial charge >= 0.3 is 0 Å². The van der Waals surface area contributed by atoms with E-state index in [1.165, 1.54) is 0 Å². The molecule has 0 aliphatic rings. The lowest BCUT2D eigenvalue weighted by Crippen LogP contribution is -2.09. The highest BCUT2D eigenvalue weighted by Crippen LogP contribution is 2.17. The van der Waals surface area contributed by atoms with Crippen molar-refractivity contribution >= 4 is 19.1 Å². The Balaban J connectivity index is 0.000000671. The summed E-state index contributed by atoms with van der Waals surface area (Å²) in [5, 5.41) is 0. The first kappa shape index (κ1) is 12.0. The predicted octanol–water partition coefficient (Wildman–Crippen LogP) is 1.61. The lowest BCUT2D eigenvalue weighted by atomic mass is 9.93. The summed E-state index contributed by atoms with van der Waals surface area (Å²) in [5.74, 6) is 0.959. The van der Waals surface area contributed by atoms with Crippen LogP contribution in [0.4, 0.5) is 5.82 Å². The first-order valence-electron chi connectivity index (χ1n) is 4.62. The van der Waals surface area contributed by atoms with E-state index in [4.69, 9.17) is 13.6 Å². The van der Waals surface area contributed by atoms with Crippen LogP contribution in [0.5, 0.6) is 0 Å². The largest absolute Gasteiger partial charge is 0.383 e. The van der Waals surface area contributed by atoms with Crippen molar-refractivity contribution in [3.63, 3.8) is 0 Å². The van der Waals surface area contributed by atoms with Crippen LogP contribution in [0, 0.1) is 0 Å². The van der Waals surface area contributed by atoms with E-state index in [2.05, 4.69) is 18.8 Å². The van der Waals surface area contributed by atoms with E-state index >= 15 is 0 Å². The van der Waals surface area contributed by atoms with Gasteiger partial charge in [0.2, 0.25) is 0 Å². The van der Waals surface area contributed by atoms with Crippen molar-refractivity contribution in [1.29, 1.82) is 0 Å². The van der Waals surface area contributed by atoms with E-state index in [1.807, 2.05) is 19.9 Å². The summed E-state index contributed by atoms with van der Waals surface area (Å²) in [6.07, 6.45) is 1.57. The van der Waals surface area contributed by atoms with Crippen molar-refractivity contribution in [2.75, 3.05) is 5.73 Å². The van der Waals surface area contributed by atoms with Gasteiger partial charge in [-0.2, -0.15) is 0 Å². The minimum atomic E-state index is 0.381. The van der Waals surface area contributed by atoms with Crippen LogP contribution in [0.2, 0.25) is 0 Å². The Labute approximate surface area is 82.0 Å². The van der Waals surface area contributed by atoms with Gasteiger partial charge in [0.25, 0.3) is 0 Å².